The molecule has 8 aromatic rings. The first-order chi connectivity index (χ1) is 49.7. The molecule has 10 atom stereocenters. The number of hydrogen-bond donors (Lipinski definition) is 8. The largest absolute Gasteiger partial charge is 0.488 e. The summed E-state index contributed by atoms with van der Waals surface area (Å²) in [6.07, 6.45) is 14.0. The lowest BCUT2D eigenvalue weighted by Gasteiger charge is -2.30. The van der Waals surface area contributed by atoms with Crippen molar-refractivity contribution < 1.29 is 47.6 Å². The molecule has 5 fully saturated rings. The third-order valence-electron chi connectivity index (χ3n) is 22.8. The van der Waals surface area contributed by atoms with Gasteiger partial charge in [0.15, 0.2) is 0 Å². The van der Waals surface area contributed by atoms with Gasteiger partial charge in [-0.05, 0) is 124 Å². The van der Waals surface area contributed by atoms with Crippen LogP contribution in [0.4, 0.5) is 9.59 Å². The number of likely N-dealkylation sites (tertiary alicyclic amines) is 2. The third-order valence-corrected chi connectivity index (χ3v) is 22.8. The number of benzene rings is 4. The van der Waals surface area contributed by atoms with Gasteiger partial charge in [-0.25, -0.2) is 29.5 Å². The monoisotopic (exact) mass is 1380 g/mol. The second-order valence-electron chi connectivity index (χ2n) is 29.7. The summed E-state index contributed by atoms with van der Waals surface area (Å²) in [4.78, 5) is 91.0. The highest BCUT2D eigenvalue weighted by molar-refractivity contribution is 6.00. The van der Waals surface area contributed by atoms with Crippen LogP contribution < -0.4 is 40.2 Å². The van der Waals surface area contributed by atoms with Gasteiger partial charge in [-0.3, -0.25) is 9.59 Å². The van der Waals surface area contributed by atoms with Crippen LogP contribution in [0.5, 0.6) is 23.0 Å². The smallest absolute Gasteiger partial charge is 0.407 e. The zero-order valence-corrected chi connectivity index (χ0v) is 58.2. The number of alkyl carbamates (subject to hydrolysis) is 2. The fourth-order valence-corrected chi connectivity index (χ4v) is 17.2. The summed E-state index contributed by atoms with van der Waals surface area (Å²) in [5.74, 6) is 7.59. The zero-order chi connectivity index (χ0) is 69.6. The molecule has 1 saturated carbocycles. The minimum absolute atomic E-state index is 0.103. The average molecular weight is 1380 g/mol. The topological polar surface area (TPSA) is 293 Å². The minimum Gasteiger partial charge on any atom is -0.488 e. The van der Waals surface area contributed by atoms with E-state index in [1.165, 1.54) is 14.2 Å². The van der Waals surface area contributed by atoms with Crippen LogP contribution in [0.25, 0.3) is 67.3 Å². The Morgan fingerprint density at radius 3 is 1.41 bits per heavy atom. The third kappa shape index (κ3) is 12.1. The van der Waals surface area contributed by atoms with Gasteiger partial charge < -0.3 is 79.4 Å². The molecule has 0 spiro atoms. The zero-order valence-electron chi connectivity index (χ0n) is 58.2. The molecule has 8 N–H and O–H groups in total. The quantitative estimate of drug-likeness (QED) is 0.0420. The normalized spacial score (nSPS) is 23.6. The van der Waals surface area contributed by atoms with Gasteiger partial charge in [-0.2, -0.15) is 0 Å². The van der Waals surface area contributed by atoms with Crippen LogP contribution in [-0.2, 0) is 19.1 Å². The maximum Gasteiger partial charge on any atom is 0.407 e. The highest BCUT2D eigenvalue weighted by atomic mass is 16.5. The first-order valence-electron chi connectivity index (χ1n) is 36.2. The van der Waals surface area contributed by atoms with E-state index in [-0.39, 0.29) is 53.7 Å². The molecule has 12 heterocycles. The van der Waals surface area contributed by atoms with Crippen molar-refractivity contribution in [3.63, 3.8) is 0 Å². The summed E-state index contributed by atoms with van der Waals surface area (Å²) >= 11 is 0. The highest BCUT2D eigenvalue weighted by Gasteiger charge is 2.52. The molecule has 17 rings (SSSR count). The molecule has 8 aliphatic heterocycles. The Kier molecular flexibility index (Phi) is 17.0. The second kappa shape index (κ2) is 26.6. The number of hydrogen-bond acceptors (Lipinski definition) is 16. The van der Waals surface area contributed by atoms with Crippen LogP contribution in [0, 0.1) is 35.5 Å². The molecular weight excluding hydrogens is 1290 g/mol. The fourth-order valence-electron chi connectivity index (χ4n) is 17.2. The Bertz CT molecular complexity index is 4670. The van der Waals surface area contributed by atoms with Gasteiger partial charge >= 0.3 is 12.2 Å². The lowest BCUT2D eigenvalue weighted by molar-refractivity contribution is -0.136. The van der Waals surface area contributed by atoms with Gasteiger partial charge in [0.25, 0.3) is 0 Å². The number of aromatic amines is 4. The van der Waals surface area contributed by atoms with E-state index in [9.17, 15) is 19.2 Å². The summed E-state index contributed by atoms with van der Waals surface area (Å²) in [7, 11) is 2.61. The Morgan fingerprint density at radius 2 is 0.961 bits per heavy atom. The summed E-state index contributed by atoms with van der Waals surface area (Å²) < 4.78 is 35.9. The van der Waals surface area contributed by atoms with E-state index < -0.39 is 24.3 Å². The van der Waals surface area contributed by atoms with Gasteiger partial charge in [0, 0.05) is 79.9 Å². The number of fused-ring (bicyclic) bond motifs is 8. The molecule has 3 unspecified atom stereocenters. The number of methoxy groups -OCH3 is 2. The number of H-pyrrole nitrogens is 4. The van der Waals surface area contributed by atoms with E-state index in [4.69, 9.17) is 43.4 Å². The molecular formula is C78H86N14O10. The van der Waals surface area contributed by atoms with Crippen LogP contribution in [-0.4, -0.2) is 153 Å². The maximum absolute atomic E-state index is 14.8. The van der Waals surface area contributed by atoms with Gasteiger partial charge in [0.2, 0.25) is 11.8 Å². The summed E-state index contributed by atoms with van der Waals surface area (Å²) in [5.41, 5.74) is 15.9. The first-order valence-corrected chi connectivity index (χ1v) is 36.2. The van der Waals surface area contributed by atoms with Gasteiger partial charge in [0.05, 0.1) is 86.0 Å². The Balaban J connectivity index is 0.539. The van der Waals surface area contributed by atoms with Gasteiger partial charge in [-0.15, -0.1) is 0 Å². The van der Waals surface area contributed by atoms with E-state index in [0.717, 1.165) is 189 Å². The predicted octanol–water partition coefficient (Wildman–Crippen LogP) is 11.8. The average Bonchev–Trinajstić information content (AvgIpc) is 0.932. The summed E-state index contributed by atoms with van der Waals surface area (Å²) in [6.45, 7) is 12.4. The molecule has 4 aromatic heterocycles. The summed E-state index contributed by atoms with van der Waals surface area (Å²) in [5, 5.41) is 12.9. The molecule has 4 saturated heterocycles. The van der Waals surface area contributed by atoms with E-state index in [1.54, 1.807) is 6.20 Å². The molecule has 24 heteroatoms. The minimum atomic E-state index is -0.781. The lowest BCUT2D eigenvalue weighted by Crippen LogP contribution is -2.51. The van der Waals surface area contributed by atoms with E-state index in [0.29, 0.717) is 68.9 Å². The number of imidazole rings is 4. The van der Waals surface area contributed by atoms with E-state index in [2.05, 4.69) is 101 Å². The van der Waals surface area contributed by atoms with Crippen LogP contribution in [0.3, 0.4) is 0 Å². The van der Waals surface area contributed by atoms with Crippen molar-refractivity contribution in [3.8, 4) is 68.0 Å². The Morgan fingerprint density at radius 1 is 0.520 bits per heavy atom. The number of ether oxygens (including phenoxy) is 6. The number of rotatable bonds is 17. The van der Waals surface area contributed by atoms with Gasteiger partial charge in [0.1, 0.15) is 84.8 Å². The van der Waals surface area contributed by atoms with Crippen molar-refractivity contribution >= 4 is 46.3 Å². The van der Waals surface area contributed by atoms with Crippen molar-refractivity contribution in [3.05, 3.63) is 143 Å². The molecule has 4 amide bonds. The number of amides is 4. The predicted molar refractivity (Wildman–Crippen MR) is 381 cm³/mol. The van der Waals surface area contributed by atoms with E-state index >= 15 is 0 Å². The van der Waals surface area contributed by atoms with Gasteiger partial charge in [-0.1, -0.05) is 76.2 Å². The molecule has 9 aliphatic rings. The fraction of sp³-hybridized carbons (Fsp3) is 0.436. The van der Waals surface area contributed by atoms with E-state index in [1.807, 2.05) is 74.3 Å². The number of nitrogens with one attached hydrogen (secondary N) is 8. The first kappa shape index (κ1) is 65.1. The number of nitrogens with zero attached hydrogens (tertiary/aromatic N) is 6. The number of carbonyl (C=O) groups is 4. The van der Waals surface area contributed by atoms with Crippen LogP contribution in [0.2, 0.25) is 0 Å². The van der Waals surface area contributed by atoms with Crippen LogP contribution >= 0.6 is 0 Å². The Hall–Kier alpha value is -10.2. The van der Waals surface area contributed by atoms with Crippen molar-refractivity contribution in [1.82, 2.24) is 70.9 Å². The van der Waals surface area contributed by atoms with Crippen molar-refractivity contribution in [1.29, 1.82) is 0 Å². The van der Waals surface area contributed by atoms with Crippen molar-refractivity contribution in [2.45, 2.75) is 115 Å². The summed E-state index contributed by atoms with van der Waals surface area (Å²) in [6, 6.07) is 23.4. The maximum atomic E-state index is 14.8. The lowest BCUT2D eigenvalue weighted by atomic mass is 9.89. The van der Waals surface area contributed by atoms with Crippen molar-refractivity contribution in [2.24, 2.45) is 35.5 Å². The number of aromatic nitrogens is 8. The molecule has 0 bridgehead atoms. The Labute approximate surface area is 590 Å². The van der Waals surface area contributed by atoms with Crippen molar-refractivity contribution in [2.75, 3.05) is 66.8 Å². The highest BCUT2D eigenvalue weighted by Crippen LogP contribution is 2.55. The van der Waals surface area contributed by atoms with Crippen LogP contribution in [0.1, 0.15) is 149 Å². The molecule has 24 nitrogen and oxygen atoms in total. The molecule has 528 valence electrons. The molecule has 1 aliphatic carbocycles. The number of carbonyl (C=O) groups excluding carboxylic acids is 4. The molecule has 4 aromatic carbocycles. The second-order valence-corrected chi connectivity index (χ2v) is 29.7. The standard InChI is InChI=1S/C78H86N14O10/c1-39(2)69(89-77(95)97-5)75(93)91-20-8-10-63(91)73-83-32-61(87-73)44-13-17-50-55-38-102-68-28-45(14-18-51(68)56(55)37-101-67(50)27-44)62-33-84-74(88-62)64-24-47(34-92(64)76(94)70(40(3)4)90-78(96)98-6)52-23-46(52)21-41-22-58(80-29-41)72-82-31-60(86-72)43-12-16-49-54-35-99-65-25-42(11-15-48(65)53(54)36-100-66(49)26-43)59-30-81-71(85-59)57-9-7-19-79-57/h11-18,25-28,30-33,39-41,46-47,52,57-58,63-64,69-70,79-80H,7-10,19-24,29,34-38H2,1-6H3,(H,81,85)(H,82,86)(H,83,87)(H,84,88)(H,89,95)(H,90,96)/t41?,46?,47?,52-,57-,58-,63-,64-,69-,70-/m0/s1. The molecule has 102 heavy (non-hydrogen) atoms. The molecule has 0 radical (unpaired) electrons. The van der Waals surface area contributed by atoms with Crippen LogP contribution in [0.15, 0.2) is 97.6 Å². The SMILES string of the molecule is COC(=O)N[C@H](C(=O)N1CCC[C@H]1c1ncc(-c2ccc3c(c2)OCC2=C3COc3cc(-c4cnc([C@@H]5CC([C@H]6CC6CC6CN[C@H](c7ncc(-c8ccc9c(c8)OCC8=C9COc9cc(-c%10cnc([C@@H]%11CCCN%11)[nH]%10)ccc98)[nH]7)C6)CN5C(=O)[C@@H](NC(=O)OC)C(C)C)[nH]4)ccc32)[nH]1)C(C)C.